The van der Waals surface area contributed by atoms with Crippen LogP contribution in [-0.2, 0) is 13.0 Å². The average molecular weight is 538 g/mol. The summed E-state index contributed by atoms with van der Waals surface area (Å²) in [6.45, 7) is 4.67. The maximum absolute atomic E-state index is 13.1. The molecule has 2 heterocycles. The Kier molecular flexibility index (Phi) is 7.28. The fourth-order valence-electron chi connectivity index (χ4n) is 5.01. The molecule has 0 spiro atoms. The fraction of sp³-hybridized carbons (Fsp3) is 0.114. The van der Waals surface area contributed by atoms with Crippen LogP contribution in [0.5, 0.6) is 0 Å². The zero-order valence-corrected chi connectivity index (χ0v) is 23.1. The first-order valence-electron chi connectivity index (χ1n) is 13.7. The van der Waals surface area contributed by atoms with E-state index in [0.29, 0.717) is 12.1 Å². The topological polar surface area (TPSA) is 71.3 Å². The minimum Gasteiger partial charge on any atom is -0.366 e. The summed E-state index contributed by atoms with van der Waals surface area (Å²) < 4.78 is 1.84. The van der Waals surface area contributed by atoms with Gasteiger partial charge in [-0.3, -0.25) is 4.79 Å². The lowest BCUT2D eigenvalue weighted by atomic mass is 10.0. The van der Waals surface area contributed by atoms with Gasteiger partial charge in [0.2, 0.25) is 0 Å². The Morgan fingerprint density at radius 2 is 1.51 bits per heavy atom. The summed E-state index contributed by atoms with van der Waals surface area (Å²) in [5, 5.41) is 11.1. The smallest absolute Gasteiger partial charge is 0.255 e. The zero-order chi connectivity index (χ0) is 28.2. The largest absolute Gasteiger partial charge is 0.366 e. The fourth-order valence-corrected chi connectivity index (χ4v) is 5.01. The molecule has 6 aromatic rings. The number of hydrogen-bond donors (Lipinski definition) is 2. The molecule has 6 heteroatoms. The van der Waals surface area contributed by atoms with Crippen LogP contribution in [-0.4, -0.2) is 20.5 Å². The van der Waals surface area contributed by atoms with Gasteiger partial charge in [0.05, 0.1) is 11.9 Å². The van der Waals surface area contributed by atoms with Crippen LogP contribution in [0.4, 0.5) is 11.5 Å². The molecular weight excluding hydrogens is 506 g/mol. The number of hydrogen-bond acceptors (Lipinski definition) is 4. The van der Waals surface area contributed by atoms with Crippen LogP contribution < -0.4 is 10.6 Å². The number of aromatic nitrogens is 3. The third kappa shape index (κ3) is 5.87. The number of nitrogens with zero attached hydrogens (tertiary/aromatic N) is 3. The van der Waals surface area contributed by atoms with Crippen molar-refractivity contribution in [1.29, 1.82) is 0 Å². The van der Waals surface area contributed by atoms with Gasteiger partial charge in [-0.15, -0.1) is 0 Å². The molecule has 0 saturated heterocycles. The molecule has 0 bridgehead atoms. The van der Waals surface area contributed by atoms with Gasteiger partial charge in [-0.2, -0.15) is 9.61 Å². The quantitative estimate of drug-likeness (QED) is 0.211. The molecule has 2 aromatic heterocycles. The van der Waals surface area contributed by atoms with Gasteiger partial charge in [-0.05, 0) is 66.8 Å². The van der Waals surface area contributed by atoms with Crippen LogP contribution >= 0.6 is 0 Å². The normalized spacial score (nSPS) is 11.0. The van der Waals surface area contributed by atoms with Crippen molar-refractivity contribution in [3.8, 4) is 11.3 Å². The minimum atomic E-state index is -0.129. The summed E-state index contributed by atoms with van der Waals surface area (Å²) in [6, 6.07) is 36.3. The van der Waals surface area contributed by atoms with Gasteiger partial charge in [0, 0.05) is 35.0 Å². The molecule has 0 unspecified atom stereocenters. The number of anilines is 2. The van der Waals surface area contributed by atoms with E-state index in [1.54, 1.807) is 0 Å². The minimum absolute atomic E-state index is 0.129. The van der Waals surface area contributed by atoms with Crippen molar-refractivity contribution in [1.82, 2.24) is 14.6 Å². The first-order valence-corrected chi connectivity index (χ1v) is 13.7. The molecule has 202 valence electrons. The van der Waals surface area contributed by atoms with E-state index < -0.39 is 0 Å². The number of rotatable bonds is 8. The summed E-state index contributed by atoms with van der Waals surface area (Å²) in [6.07, 6.45) is 2.62. The first-order chi connectivity index (χ1) is 20.0. The van der Waals surface area contributed by atoms with E-state index in [1.165, 1.54) is 11.1 Å². The molecular formula is C35H31N5O. The van der Waals surface area contributed by atoms with E-state index in [-0.39, 0.29) is 5.91 Å². The lowest BCUT2D eigenvalue weighted by Gasteiger charge is -2.13. The number of fused-ring (bicyclic) bond motifs is 1. The molecule has 41 heavy (non-hydrogen) atoms. The highest BCUT2D eigenvalue weighted by molar-refractivity contribution is 6.04. The van der Waals surface area contributed by atoms with Gasteiger partial charge in [-0.1, -0.05) is 78.9 Å². The number of nitrogens with one attached hydrogen (secondary N) is 2. The Bertz CT molecular complexity index is 1840. The molecule has 6 rings (SSSR count). The number of benzene rings is 4. The van der Waals surface area contributed by atoms with Crippen molar-refractivity contribution in [3.05, 3.63) is 149 Å². The van der Waals surface area contributed by atoms with Gasteiger partial charge in [0.15, 0.2) is 5.65 Å². The summed E-state index contributed by atoms with van der Waals surface area (Å²) >= 11 is 0. The van der Waals surface area contributed by atoms with E-state index in [2.05, 4.69) is 53.0 Å². The van der Waals surface area contributed by atoms with Crippen LogP contribution in [0.1, 0.15) is 38.2 Å². The molecule has 0 saturated carbocycles. The third-order valence-electron chi connectivity index (χ3n) is 7.17. The first kappa shape index (κ1) is 26.0. The highest BCUT2D eigenvalue weighted by Gasteiger charge is 2.13. The molecule has 4 aromatic carbocycles. The lowest BCUT2D eigenvalue weighted by Crippen LogP contribution is -2.13. The lowest BCUT2D eigenvalue weighted by molar-refractivity contribution is 0.102. The second kappa shape index (κ2) is 11.5. The van der Waals surface area contributed by atoms with Crippen LogP contribution in [0.3, 0.4) is 0 Å². The summed E-state index contributed by atoms with van der Waals surface area (Å²) in [4.78, 5) is 18.0. The van der Waals surface area contributed by atoms with E-state index in [4.69, 9.17) is 4.98 Å². The Morgan fingerprint density at radius 1 is 0.756 bits per heavy atom. The SMILES string of the molecule is Cc1ccccc1-c1cc(NCc2cccc(NC(=O)c3cccc(Cc4ccccc4)c3)c2)n2ncc(C)c2n1. The van der Waals surface area contributed by atoms with E-state index in [0.717, 1.165) is 51.5 Å². The van der Waals surface area contributed by atoms with Crippen LogP contribution in [0.15, 0.2) is 115 Å². The van der Waals surface area contributed by atoms with Crippen LogP contribution in [0.25, 0.3) is 16.9 Å². The molecule has 6 nitrogen and oxygen atoms in total. The summed E-state index contributed by atoms with van der Waals surface area (Å²) in [5.41, 5.74) is 9.74. The second-order valence-corrected chi connectivity index (χ2v) is 10.3. The maximum atomic E-state index is 13.1. The van der Waals surface area contributed by atoms with Crippen molar-refractivity contribution in [2.45, 2.75) is 26.8 Å². The monoisotopic (exact) mass is 537 g/mol. The van der Waals surface area contributed by atoms with Gasteiger partial charge < -0.3 is 10.6 Å². The van der Waals surface area contributed by atoms with E-state index in [1.807, 2.05) is 96.5 Å². The van der Waals surface area contributed by atoms with Gasteiger partial charge >= 0.3 is 0 Å². The molecule has 0 fully saturated rings. The molecule has 1 amide bonds. The predicted octanol–water partition coefficient (Wildman–Crippen LogP) is 7.47. The number of aryl methyl sites for hydroxylation is 2. The van der Waals surface area contributed by atoms with Crippen molar-refractivity contribution in [2.24, 2.45) is 0 Å². The van der Waals surface area contributed by atoms with Gasteiger partial charge in [0.25, 0.3) is 5.91 Å². The Hall–Kier alpha value is -5.23. The number of carbonyl (C=O) groups is 1. The van der Waals surface area contributed by atoms with Crippen LogP contribution in [0.2, 0.25) is 0 Å². The average Bonchev–Trinajstić information content (AvgIpc) is 3.37. The Labute approximate surface area is 239 Å². The Morgan fingerprint density at radius 3 is 2.37 bits per heavy atom. The highest BCUT2D eigenvalue weighted by Crippen LogP contribution is 2.26. The van der Waals surface area contributed by atoms with Crippen molar-refractivity contribution < 1.29 is 4.79 Å². The molecule has 0 radical (unpaired) electrons. The van der Waals surface area contributed by atoms with Crippen molar-refractivity contribution in [2.75, 3.05) is 10.6 Å². The summed E-state index contributed by atoms with van der Waals surface area (Å²) in [7, 11) is 0. The van der Waals surface area contributed by atoms with E-state index in [9.17, 15) is 4.79 Å². The molecule has 0 aliphatic rings. The maximum Gasteiger partial charge on any atom is 0.255 e. The summed E-state index contributed by atoms with van der Waals surface area (Å²) in [5.74, 6) is 0.724. The zero-order valence-electron chi connectivity index (χ0n) is 23.1. The van der Waals surface area contributed by atoms with Crippen molar-refractivity contribution in [3.63, 3.8) is 0 Å². The standard InChI is InChI=1S/C35H31N5O/c1-24-10-6-7-17-31(24)32-21-33(40-34(39-32)25(2)22-37-40)36-23-28-14-9-16-30(20-28)38-35(41)29-15-8-13-27(19-29)18-26-11-4-3-5-12-26/h3-17,19-22,36H,18,23H2,1-2H3,(H,38,41). The predicted molar refractivity (Wildman–Crippen MR) is 165 cm³/mol. The molecule has 0 atom stereocenters. The highest BCUT2D eigenvalue weighted by atomic mass is 16.1. The molecule has 0 aliphatic heterocycles. The number of amides is 1. The Balaban J connectivity index is 1.18. The van der Waals surface area contributed by atoms with Crippen molar-refractivity contribution >= 4 is 23.1 Å². The van der Waals surface area contributed by atoms with E-state index >= 15 is 0 Å². The van der Waals surface area contributed by atoms with Gasteiger partial charge in [-0.25, -0.2) is 4.98 Å². The molecule has 0 aliphatic carbocycles. The third-order valence-corrected chi connectivity index (χ3v) is 7.17. The number of carbonyl (C=O) groups excluding carboxylic acids is 1. The second-order valence-electron chi connectivity index (χ2n) is 10.3. The van der Waals surface area contributed by atoms with Crippen LogP contribution in [0, 0.1) is 13.8 Å². The van der Waals surface area contributed by atoms with Gasteiger partial charge in [0.1, 0.15) is 5.82 Å². The molecule has 2 N–H and O–H groups in total.